The van der Waals surface area contributed by atoms with Crippen LogP contribution in [0, 0.1) is 5.82 Å². The number of amides is 2. The summed E-state index contributed by atoms with van der Waals surface area (Å²) < 4.78 is 17.8. The smallest absolute Gasteiger partial charge is 0.352 e. The van der Waals surface area contributed by atoms with Gasteiger partial charge >= 0.3 is 11.9 Å². The number of nitrogens with one attached hydrogen (secondary N) is 1. The van der Waals surface area contributed by atoms with Crippen molar-refractivity contribution in [2.24, 2.45) is 0 Å². The zero-order valence-electron chi connectivity index (χ0n) is 14.1. The topological polar surface area (TPSA) is 113 Å². The van der Waals surface area contributed by atoms with Crippen molar-refractivity contribution in [1.29, 1.82) is 0 Å². The number of aliphatic carboxylic acids is 1. The third-order valence-electron chi connectivity index (χ3n) is 4.09. The normalized spacial score (nSPS) is 21.3. The first-order valence-corrected chi connectivity index (χ1v) is 8.94. The van der Waals surface area contributed by atoms with E-state index in [1.165, 1.54) is 30.8 Å². The second-order valence-electron chi connectivity index (χ2n) is 5.91. The Morgan fingerprint density at radius 2 is 2.00 bits per heavy atom. The minimum absolute atomic E-state index is 0.188. The van der Waals surface area contributed by atoms with Crippen LogP contribution in [-0.4, -0.2) is 57.5 Å². The predicted octanol–water partition coefficient (Wildman–Crippen LogP) is 0.741. The van der Waals surface area contributed by atoms with Crippen LogP contribution in [0.2, 0.25) is 0 Å². The summed E-state index contributed by atoms with van der Waals surface area (Å²) in [5, 5.41) is 11.4. The standard InChI is InChI=1S/C17H15FN2O6S/c1-8(21)26-6-10-7-27-16-12(15(23)20(16)13(10)17(24)25)19-14(22)9-2-4-11(18)5-3-9/h2-5,12,16H,6-7H2,1H3,(H,19,22)(H,24,25)/t12-,16+/m0/s1. The van der Waals surface area contributed by atoms with E-state index in [-0.39, 0.29) is 23.6 Å². The van der Waals surface area contributed by atoms with E-state index in [4.69, 9.17) is 4.74 Å². The highest BCUT2D eigenvalue weighted by molar-refractivity contribution is 8.00. The van der Waals surface area contributed by atoms with Gasteiger partial charge < -0.3 is 15.2 Å². The molecule has 2 atom stereocenters. The number of carbonyl (C=O) groups excluding carboxylic acids is 3. The molecular formula is C17H15FN2O6S. The first kappa shape index (κ1) is 18.9. The predicted molar refractivity (Wildman–Crippen MR) is 92.0 cm³/mol. The summed E-state index contributed by atoms with van der Waals surface area (Å²) in [6.45, 7) is 0.989. The average Bonchev–Trinajstić information content (AvgIpc) is 2.63. The number of esters is 1. The molecule has 10 heteroatoms. The third kappa shape index (κ3) is 3.65. The number of rotatable bonds is 5. The second kappa shape index (κ2) is 7.39. The van der Waals surface area contributed by atoms with Crippen molar-refractivity contribution in [3.63, 3.8) is 0 Å². The van der Waals surface area contributed by atoms with Crippen LogP contribution in [0.15, 0.2) is 35.5 Å². The lowest BCUT2D eigenvalue weighted by Gasteiger charge is -2.49. The Balaban J connectivity index is 1.75. The van der Waals surface area contributed by atoms with E-state index in [2.05, 4.69) is 5.32 Å². The molecule has 142 valence electrons. The number of carboxylic acid groups (broad SMARTS) is 1. The second-order valence-corrected chi connectivity index (χ2v) is 7.01. The van der Waals surface area contributed by atoms with E-state index in [9.17, 15) is 28.7 Å². The van der Waals surface area contributed by atoms with Crippen molar-refractivity contribution in [1.82, 2.24) is 10.2 Å². The molecule has 0 aromatic heterocycles. The number of thioether (sulfide) groups is 1. The average molecular weight is 394 g/mol. The van der Waals surface area contributed by atoms with E-state index in [1.807, 2.05) is 0 Å². The molecule has 1 aromatic carbocycles. The molecule has 2 aliphatic heterocycles. The van der Waals surface area contributed by atoms with Gasteiger partial charge in [0.2, 0.25) is 0 Å². The number of ether oxygens (including phenoxy) is 1. The van der Waals surface area contributed by atoms with E-state index in [0.29, 0.717) is 5.57 Å². The van der Waals surface area contributed by atoms with Crippen LogP contribution >= 0.6 is 11.8 Å². The summed E-state index contributed by atoms with van der Waals surface area (Å²) in [5.41, 5.74) is 0.279. The van der Waals surface area contributed by atoms with Crippen LogP contribution in [0.25, 0.3) is 0 Å². The highest BCUT2D eigenvalue weighted by Crippen LogP contribution is 2.40. The first-order valence-electron chi connectivity index (χ1n) is 7.89. The molecule has 0 bridgehead atoms. The van der Waals surface area contributed by atoms with Crippen molar-refractivity contribution < 1.29 is 33.4 Å². The molecule has 2 heterocycles. The number of halogens is 1. The first-order chi connectivity index (χ1) is 12.8. The van der Waals surface area contributed by atoms with E-state index in [0.717, 1.165) is 17.0 Å². The summed E-state index contributed by atoms with van der Waals surface area (Å²) in [4.78, 5) is 48.3. The number of benzene rings is 1. The van der Waals surface area contributed by atoms with Crippen LogP contribution in [0.4, 0.5) is 4.39 Å². The number of hydrogen-bond donors (Lipinski definition) is 2. The van der Waals surface area contributed by atoms with Crippen molar-refractivity contribution in [2.75, 3.05) is 12.4 Å². The molecule has 1 aromatic rings. The molecule has 3 rings (SSSR count). The Kier molecular flexibility index (Phi) is 5.17. The molecule has 1 fully saturated rings. The fraction of sp³-hybridized carbons (Fsp3) is 0.294. The van der Waals surface area contributed by atoms with Gasteiger partial charge in [0.1, 0.15) is 29.5 Å². The summed E-state index contributed by atoms with van der Waals surface area (Å²) in [6.07, 6.45) is 0. The monoisotopic (exact) mass is 394 g/mol. The largest absolute Gasteiger partial charge is 0.477 e. The lowest BCUT2D eigenvalue weighted by molar-refractivity contribution is -0.149. The fourth-order valence-corrected chi connectivity index (χ4v) is 4.14. The van der Waals surface area contributed by atoms with Crippen molar-refractivity contribution in [2.45, 2.75) is 18.3 Å². The van der Waals surface area contributed by atoms with Gasteiger partial charge in [-0.3, -0.25) is 19.3 Å². The molecule has 0 radical (unpaired) electrons. The molecule has 0 saturated carbocycles. The Labute approximate surface area is 157 Å². The van der Waals surface area contributed by atoms with Gasteiger partial charge in [0.25, 0.3) is 11.8 Å². The SMILES string of the molecule is CC(=O)OCC1=C(C(=O)O)N2C(=O)[C@H](NC(=O)c3ccc(F)cc3)[C@H]2SC1. The van der Waals surface area contributed by atoms with Crippen LogP contribution < -0.4 is 5.32 Å². The maximum atomic E-state index is 13.0. The number of β-lactam (4-membered cyclic amide) rings is 1. The molecule has 2 N–H and O–H groups in total. The van der Waals surface area contributed by atoms with Crippen LogP contribution in [0.3, 0.4) is 0 Å². The quantitative estimate of drug-likeness (QED) is 0.559. The van der Waals surface area contributed by atoms with Crippen molar-refractivity contribution in [3.05, 3.63) is 46.9 Å². The van der Waals surface area contributed by atoms with Crippen molar-refractivity contribution >= 4 is 35.5 Å². The Hall–Kier alpha value is -2.88. The van der Waals surface area contributed by atoms with Crippen LogP contribution in [0.5, 0.6) is 0 Å². The van der Waals surface area contributed by atoms with E-state index >= 15 is 0 Å². The van der Waals surface area contributed by atoms with E-state index in [1.54, 1.807) is 0 Å². The zero-order valence-corrected chi connectivity index (χ0v) is 14.9. The van der Waals surface area contributed by atoms with Gasteiger partial charge in [0, 0.05) is 23.8 Å². The maximum Gasteiger partial charge on any atom is 0.352 e. The Bertz CT molecular complexity index is 853. The van der Waals surface area contributed by atoms with Gasteiger partial charge in [0.05, 0.1) is 0 Å². The lowest BCUT2D eigenvalue weighted by Crippen LogP contribution is -2.70. The summed E-state index contributed by atoms with van der Waals surface area (Å²) in [5.74, 6) is -3.23. The Morgan fingerprint density at radius 1 is 1.33 bits per heavy atom. The van der Waals surface area contributed by atoms with Crippen LogP contribution in [-0.2, 0) is 19.1 Å². The maximum absolute atomic E-state index is 13.0. The number of fused-ring (bicyclic) bond motifs is 1. The molecule has 2 aliphatic rings. The van der Waals surface area contributed by atoms with Crippen molar-refractivity contribution in [3.8, 4) is 0 Å². The van der Waals surface area contributed by atoms with E-state index < -0.39 is 41.0 Å². The van der Waals surface area contributed by atoms with Gasteiger partial charge in [-0.15, -0.1) is 11.8 Å². The molecule has 2 amide bonds. The Morgan fingerprint density at radius 3 is 2.59 bits per heavy atom. The molecule has 27 heavy (non-hydrogen) atoms. The zero-order chi connectivity index (χ0) is 19.7. The highest BCUT2D eigenvalue weighted by Gasteiger charge is 2.54. The molecular weight excluding hydrogens is 379 g/mol. The fourth-order valence-electron chi connectivity index (χ4n) is 2.81. The third-order valence-corrected chi connectivity index (χ3v) is 5.43. The van der Waals surface area contributed by atoms with Gasteiger partial charge in [-0.25, -0.2) is 9.18 Å². The minimum atomic E-state index is -1.31. The van der Waals surface area contributed by atoms with Crippen LogP contribution in [0.1, 0.15) is 17.3 Å². The number of carbonyl (C=O) groups is 4. The highest BCUT2D eigenvalue weighted by atomic mass is 32.2. The van der Waals surface area contributed by atoms with Gasteiger partial charge in [-0.05, 0) is 24.3 Å². The number of hydrogen-bond acceptors (Lipinski definition) is 6. The molecule has 1 saturated heterocycles. The summed E-state index contributed by atoms with van der Waals surface area (Å²) >= 11 is 1.26. The summed E-state index contributed by atoms with van der Waals surface area (Å²) in [7, 11) is 0. The minimum Gasteiger partial charge on any atom is -0.477 e. The van der Waals surface area contributed by atoms with Gasteiger partial charge in [-0.1, -0.05) is 0 Å². The number of nitrogens with zero attached hydrogens (tertiary/aromatic N) is 1. The summed E-state index contributed by atoms with van der Waals surface area (Å²) in [6, 6.07) is 3.95. The number of carboxylic acids is 1. The lowest BCUT2D eigenvalue weighted by atomic mass is 10.0. The molecule has 0 spiro atoms. The molecule has 8 nitrogen and oxygen atoms in total. The van der Waals surface area contributed by atoms with Gasteiger partial charge in [-0.2, -0.15) is 0 Å². The molecule has 0 aliphatic carbocycles. The van der Waals surface area contributed by atoms with Gasteiger partial charge in [0.15, 0.2) is 0 Å². The molecule has 0 unspecified atom stereocenters.